The number of benzene rings is 1. The molecule has 0 radical (unpaired) electrons. The van der Waals surface area contributed by atoms with Crippen molar-refractivity contribution in [3.63, 3.8) is 0 Å². The Balaban J connectivity index is 1.83. The first-order valence-corrected chi connectivity index (χ1v) is 7.72. The number of carbonyl (C=O) groups excluding carboxylic acids is 1. The fraction of sp³-hybridized carbons (Fsp3) is 0.467. The normalized spacial score (nSPS) is 15.5. The van der Waals surface area contributed by atoms with Crippen molar-refractivity contribution in [1.82, 2.24) is 9.80 Å². The largest absolute Gasteiger partial charge is 0.344 e. The number of piperazine rings is 1. The first-order valence-electron chi connectivity index (χ1n) is 7.31. The minimum absolute atomic E-state index is 0.135. The van der Waals surface area contributed by atoms with E-state index in [9.17, 15) is 9.18 Å². The summed E-state index contributed by atoms with van der Waals surface area (Å²) in [6, 6.07) is 6.48. The molecule has 1 heterocycles. The van der Waals surface area contributed by atoms with Gasteiger partial charge < -0.3 is 20.0 Å². The number of hydrogen-bond donors (Lipinski definition) is 2. The lowest BCUT2D eigenvalue weighted by Gasteiger charge is -2.33. The van der Waals surface area contributed by atoms with Crippen LogP contribution in [0, 0.1) is 5.82 Å². The van der Waals surface area contributed by atoms with Crippen molar-refractivity contribution >= 4 is 28.9 Å². The van der Waals surface area contributed by atoms with Crippen molar-refractivity contribution in [2.45, 2.75) is 0 Å². The molecule has 1 aliphatic heterocycles. The number of anilines is 1. The van der Waals surface area contributed by atoms with Gasteiger partial charge in [-0.1, -0.05) is 12.1 Å². The SMILES string of the molecule is CN(C)C(=O)C[NH+]1CCN(C(=S)Nc2ccccc2F)CC1. The number of quaternary nitrogens is 1. The molecule has 1 aliphatic rings. The fourth-order valence-corrected chi connectivity index (χ4v) is 2.62. The molecule has 120 valence electrons. The van der Waals surface area contributed by atoms with Gasteiger partial charge in [-0.15, -0.1) is 0 Å². The van der Waals surface area contributed by atoms with E-state index in [1.807, 2.05) is 4.90 Å². The number of rotatable bonds is 3. The van der Waals surface area contributed by atoms with Crippen LogP contribution in [-0.2, 0) is 4.79 Å². The number of thiocarbonyl (C=S) groups is 1. The number of para-hydroxylation sites is 1. The van der Waals surface area contributed by atoms with E-state index in [1.54, 1.807) is 37.2 Å². The van der Waals surface area contributed by atoms with Gasteiger partial charge in [0.1, 0.15) is 5.82 Å². The van der Waals surface area contributed by atoms with Gasteiger partial charge in [-0.25, -0.2) is 4.39 Å². The van der Waals surface area contributed by atoms with E-state index in [0.29, 0.717) is 17.3 Å². The minimum atomic E-state index is -0.314. The number of nitrogens with one attached hydrogen (secondary N) is 2. The molecule has 1 fully saturated rings. The van der Waals surface area contributed by atoms with Gasteiger partial charge in [-0.3, -0.25) is 4.79 Å². The Kier molecular flexibility index (Phi) is 5.68. The van der Waals surface area contributed by atoms with Gasteiger partial charge in [0.2, 0.25) is 0 Å². The van der Waals surface area contributed by atoms with E-state index in [4.69, 9.17) is 12.2 Å². The van der Waals surface area contributed by atoms with Crippen LogP contribution in [0.25, 0.3) is 0 Å². The molecule has 2 rings (SSSR count). The highest BCUT2D eigenvalue weighted by molar-refractivity contribution is 7.80. The lowest BCUT2D eigenvalue weighted by molar-refractivity contribution is -0.896. The Labute approximate surface area is 135 Å². The fourth-order valence-electron chi connectivity index (χ4n) is 2.33. The molecular formula is C15H22FN4OS+. The topological polar surface area (TPSA) is 40.0 Å². The summed E-state index contributed by atoms with van der Waals surface area (Å²) in [4.78, 5) is 16.6. The van der Waals surface area contributed by atoms with Gasteiger partial charge in [-0.2, -0.15) is 0 Å². The Morgan fingerprint density at radius 2 is 2.00 bits per heavy atom. The summed E-state index contributed by atoms with van der Waals surface area (Å²) in [5.41, 5.74) is 0.394. The van der Waals surface area contributed by atoms with Crippen LogP contribution in [0.1, 0.15) is 0 Å². The first kappa shape index (κ1) is 16.6. The molecule has 22 heavy (non-hydrogen) atoms. The quantitative estimate of drug-likeness (QED) is 0.756. The molecule has 0 bridgehead atoms. The zero-order chi connectivity index (χ0) is 16.1. The summed E-state index contributed by atoms with van der Waals surface area (Å²) in [6.45, 7) is 3.72. The lowest BCUT2D eigenvalue weighted by atomic mass is 10.3. The summed E-state index contributed by atoms with van der Waals surface area (Å²) in [6.07, 6.45) is 0. The zero-order valence-electron chi connectivity index (χ0n) is 12.9. The van der Waals surface area contributed by atoms with Gasteiger partial charge in [0.25, 0.3) is 5.91 Å². The number of halogens is 1. The third-order valence-electron chi connectivity index (χ3n) is 3.77. The molecular weight excluding hydrogens is 303 g/mol. The summed E-state index contributed by atoms with van der Waals surface area (Å²) >= 11 is 5.35. The molecule has 0 atom stereocenters. The average molecular weight is 325 g/mol. The van der Waals surface area contributed by atoms with Crippen molar-refractivity contribution in [3.05, 3.63) is 30.1 Å². The molecule has 1 amide bonds. The molecule has 1 aromatic carbocycles. The van der Waals surface area contributed by atoms with E-state index in [1.165, 1.54) is 11.0 Å². The number of nitrogens with zero attached hydrogens (tertiary/aromatic N) is 2. The predicted octanol–water partition coefficient (Wildman–Crippen LogP) is -0.189. The van der Waals surface area contributed by atoms with Crippen LogP contribution in [0.15, 0.2) is 24.3 Å². The number of carbonyl (C=O) groups is 1. The molecule has 0 aliphatic carbocycles. The lowest BCUT2D eigenvalue weighted by Crippen LogP contribution is -3.15. The maximum Gasteiger partial charge on any atom is 0.277 e. The molecule has 0 saturated carbocycles. The van der Waals surface area contributed by atoms with Crippen molar-refractivity contribution in [1.29, 1.82) is 0 Å². The van der Waals surface area contributed by atoms with Crippen LogP contribution >= 0.6 is 12.2 Å². The third-order valence-corrected chi connectivity index (χ3v) is 4.13. The van der Waals surface area contributed by atoms with Gasteiger partial charge in [0, 0.05) is 14.1 Å². The van der Waals surface area contributed by atoms with E-state index in [-0.39, 0.29) is 11.7 Å². The second-order valence-electron chi connectivity index (χ2n) is 5.61. The van der Waals surface area contributed by atoms with Gasteiger partial charge in [-0.05, 0) is 24.4 Å². The van der Waals surface area contributed by atoms with Gasteiger partial charge >= 0.3 is 0 Å². The van der Waals surface area contributed by atoms with E-state index < -0.39 is 0 Å². The van der Waals surface area contributed by atoms with Crippen LogP contribution in [-0.4, -0.2) is 67.6 Å². The van der Waals surface area contributed by atoms with Crippen molar-refractivity contribution in [2.24, 2.45) is 0 Å². The number of hydrogen-bond acceptors (Lipinski definition) is 2. The Morgan fingerprint density at radius 3 is 2.59 bits per heavy atom. The Hall–Kier alpha value is -1.73. The minimum Gasteiger partial charge on any atom is -0.344 e. The molecule has 1 saturated heterocycles. The van der Waals surface area contributed by atoms with Crippen LogP contribution in [0.3, 0.4) is 0 Å². The van der Waals surface area contributed by atoms with E-state index in [2.05, 4.69) is 5.32 Å². The van der Waals surface area contributed by atoms with Crippen LogP contribution in [0.2, 0.25) is 0 Å². The van der Waals surface area contributed by atoms with Crippen LogP contribution < -0.4 is 10.2 Å². The molecule has 7 heteroatoms. The standard InChI is InChI=1S/C15H21FN4OS/c1-18(2)14(21)11-19-7-9-20(10-8-19)15(22)17-13-6-4-3-5-12(13)16/h3-6H,7-11H2,1-2H3,(H,17,22)/p+1. The molecule has 5 nitrogen and oxygen atoms in total. The summed E-state index contributed by atoms with van der Waals surface area (Å²) in [7, 11) is 3.54. The summed E-state index contributed by atoms with van der Waals surface area (Å²) < 4.78 is 13.6. The second kappa shape index (κ2) is 7.51. The number of likely N-dealkylation sites (N-methyl/N-ethyl adjacent to an activating group) is 1. The van der Waals surface area contributed by atoms with Crippen LogP contribution in [0.5, 0.6) is 0 Å². The van der Waals surface area contributed by atoms with Gasteiger partial charge in [0.15, 0.2) is 11.7 Å². The third kappa shape index (κ3) is 4.38. The summed E-state index contributed by atoms with van der Waals surface area (Å²) in [5.74, 6) is -0.179. The summed E-state index contributed by atoms with van der Waals surface area (Å²) in [5, 5.41) is 3.48. The molecule has 0 spiro atoms. The molecule has 0 aromatic heterocycles. The highest BCUT2D eigenvalue weighted by Gasteiger charge is 2.24. The molecule has 1 aromatic rings. The molecule has 2 N–H and O–H groups in total. The maximum absolute atomic E-state index is 13.6. The predicted molar refractivity (Wildman–Crippen MR) is 88.5 cm³/mol. The smallest absolute Gasteiger partial charge is 0.277 e. The highest BCUT2D eigenvalue weighted by atomic mass is 32.1. The van der Waals surface area contributed by atoms with Crippen LogP contribution in [0.4, 0.5) is 10.1 Å². The maximum atomic E-state index is 13.6. The first-order chi connectivity index (χ1) is 10.5. The van der Waals surface area contributed by atoms with Crippen molar-refractivity contribution < 1.29 is 14.1 Å². The Morgan fingerprint density at radius 1 is 1.36 bits per heavy atom. The van der Waals surface area contributed by atoms with Gasteiger partial charge in [0.05, 0.1) is 31.9 Å². The van der Waals surface area contributed by atoms with E-state index in [0.717, 1.165) is 26.2 Å². The monoisotopic (exact) mass is 325 g/mol. The Bertz CT molecular complexity index is 544. The zero-order valence-corrected chi connectivity index (χ0v) is 13.8. The molecule has 0 unspecified atom stereocenters. The van der Waals surface area contributed by atoms with E-state index >= 15 is 0 Å². The second-order valence-corrected chi connectivity index (χ2v) is 6.00. The van der Waals surface area contributed by atoms with Crippen molar-refractivity contribution in [2.75, 3.05) is 52.1 Å². The number of amides is 1. The average Bonchev–Trinajstić information content (AvgIpc) is 2.50. The van der Waals surface area contributed by atoms with Crippen molar-refractivity contribution in [3.8, 4) is 0 Å². The highest BCUT2D eigenvalue weighted by Crippen LogP contribution is 2.13.